The van der Waals surface area contributed by atoms with Crippen LogP contribution in [0.3, 0.4) is 0 Å². The van der Waals surface area contributed by atoms with Crippen LogP contribution in [-0.2, 0) is 4.79 Å². The van der Waals surface area contributed by atoms with E-state index < -0.39 is 0 Å². The molecule has 3 heterocycles. The third kappa shape index (κ3) is 2.59. The van der Waals surface area contributed by atoms with Gasteiger partial charge in [0.15, 0.2) is 0 Å². The Morgan fingerprint density at radius 2 is 2.17 bits per heavy atom. The highest BCUT2D eigenvalue weighted by Gasteiger charge is 2.23. The van der Waals surface area contributed by atoms with Gasteiger partial charge in [-0.05, 0) is 62.7 Å². The Labute approximate surface area is 140 Å². The van der Waals surface area contributed by atoms with Crippen molar-refractivity contribution in [3.05, 3.63) is 42.5 Å². The largest absolute Gasteiger partial charge is 0.331 e. The molecule has 0 radical (unpaired) electrons. The first-order valence-electron chi connectivity index (χ1n) is 8.29. The molecule has 0 spiro atoms. The maximum atomic E-state index is 10.8. The molecule has 2 N–H and O–H groups in total. The minimum atomic E-state index is 0.541. The number of H-pyrrole nitrogens is 1. The number of amides is 1. The van der Waals surface area contributed by atoms with E-state index in [-0.39, 0.29) is 0 Å². The van der Waals surface area contributed by atoms with Crippen molar-refractivity contribution >= 4 is 23.0 Å². The highest BCUT2D eigenvalue weighted by atomic mass is 16.1. The lowest BCUT2D eigenvalue weighted by Crippen LogP contribution is -2.29. The fourth-order valence-electron chi connectivity index (χ4n) is 3.64. The fourth-order valence-corrected chi connectivity index (χ4v) is 3.64. The summed E-state index contributed by atoms with van der Waals surface area (Å²) in [6.07, 6.45) is 8.78. The molecule has 0 unspecified atom stereocenters. The number of aromatic nitrogens is 3. The second-order valence-electron chi connectivity index (χ2n) is 6.46. The number of nitrogens with zero attached hydrogens (tertiary/aromatic N) is 3. The number of rotatable bonds is 4. The Kier molecular flexibility index (Phi) is 3.82. The van der Waals surface area contributed by atoms with Crippen molar-refractivity contribution in [1.82, 2.24) is 19.4 Å². The van der Waals surface area contributed by atoms with Crippen LogP contribution in [0.5, 0.6) is 0 Å². The quantitative estimate of drug-likeness (QED) is 0.726. The molecular weight excluding hydrogens is 302 g/mol. The number of likely N-dealkylation sites (tertiary alicyclic amines) is 1. The van der Waals surface area contributed by atoms with E-state index >= 15 is 0 Å². The lowest BCUT2D eigenvalue weighted by molar-refractivity contribution is -0.105. The van der Waals surface area contributed by atoms with Crippen LogP contribution < -0.4 is 5.32 Å². The summed E-state index contributed by atoms with van der Waals surface area (Å²) in [7, 11) is 2.18. The molecule has 2 aromatic heterocycles. The summed E-state index contributed by atoms with van der Waals surface area (Å²) in [6.45, 7) is 2.24. The number of aromatic amines is 1. The van der Waals surface area contributed by atoms with Gasteiger partial charge in [-0.15, -0.1) is 0 Å². The molecule has 24 heavy (non-hydrogen) atoms. The van der Waals surface area contributed by atoms with Crippen LogP contribution in [0.15, 0.2) is 36.9 Å². The Morgan fingerprint density at radius 3 is 2.88 bits per heavy atom. The summed E-state index contributed by atoms with van der Waals surface area (Å²) in [5.74, 6) is 1.50. The molecule has 3 aromatic rings. The van der Waals surface area contributed by atoms with Gasteiger partial charge in [-0.1, -0.05) is 0 Å². The average Bonchev–Trinajstić information content (AvgIpc) is 3.23. The van der Waals surface area contributed by atoms with Gasteiger partial charge in [0, 0.05) is 17.3 Å². The number of piperidine rings is 1. The van der Waals surface area contributed by atoms with Gasteiger partial charge in [0.1, 0.15) is 5.82 Å². The average molecular weight is 323 g/mol. The first-order valence-corrected chi connectivity index (χ1v) is 8.29. The van der Waals surface area contributed by atoms with Gasteiger partial charge < -0.3 is 19.8 Å². The number of carbonyl (C=O) groups is 1. The third-order valence-corrected chi connectivity index (χ3v) is 4.96. The zero-order valence-electron chi connectivity index (χ0n) is 13.7. The van der Waals surface area contributed by atoms with E-state index in [1.807, 2.05) is 12.3 Å². The molecule has 1 saturated heterocycles. The minimum absolute atomic E-state index is 0.541. The van der Waals surface area contributed by atoms with Crippen LogP contribution in [0, 0.1) is 0 Å². The van der Waals surface area contributed by atoms with Gasteiger partial charge in [-0.3, -0.25) is 4.79 Å². The zero-order valence-corrected chi connectivity index (χ0v) is 13.7. The smallest absolute Gasteiger partial charge is 0.211 e. The van der Waals surface area contributed by atoms with Crippen LogP contribution in [-0.4, -0.2) is 46.0 Å². The van der Waals surface area contributed by atoms with Crippen molar-refractivity contribution in [3.8, 4) is 5.82 Å². The fraction of sp³-hybridized carbons (Fsp3) is 0.333. The van der Waals surface area contributed by atoms with Crippen molar-refractivity contribution in [1.29, 1.82) is 0 Å². The van der Waals surface area contributed by atoms with E-state index in [1.165, 1.54) is 10.9 Å². The van der Waals surface area contributed by atoms with E-state index in [4.69, 9.17) is 0 Å². The normalized spacial score (nSPS) is 16.5. The van der Waals surface area contributed by atoms with Crippen molar-refractivity contribution in [2.75, 3.05) is 25.5 Å². The van der Waals surface area contributed by atoms with Gasteiger partial charge >= 0.3 is 0 Å². The second kappa shape index (κ2) is 6.13. The maximum Gasteiger partial charge on any atom is 0.211 e. The number of hydrogen-bond donors (Lipinski definition) is 2. The minimum Gasteiger partial charge on any atom is -0.331 e. The van der Waals surface area contributed by atoms with Crippen LogP contribution in [0.1, 0.15) is 24.3 Å². The Morgan fingerprint density at radius 1 is 1.33 bits per heavy atom. The van der Waals surface area contributed by atoms with Crippen LogP contribution >= 0.6 is 0 Å². The maximum absolute atomic E-state index is 10.8. The van der Waals surface area contributed by atoms with Gasteiger partial charge in [-0.25, -0.2) is 4.98 Å². The molecule has 1 amide bonds. The highest BCUT2D eigenvalue weighted by molar-refractivity contribution is 5.90. The van der Waals surface area contributed by atoms with E-state index in [9.17, 15) is 4.79 Å². The zero-order chi connectivity index (χ0) is 16.5. The topological polar surface area (TPSA) is 66.0 Å². The second-order valence-corrected chi connectivity index (χ2v) is 6.46. The molecule has 124 valence electrons. The Bertz CT molecular complexity index is 844. The molecule has 0 aliphatic carbocycles. The van der Waals surface area contributed by atoms with Crippen molar-refractivity contribution < 1.29 is 4.79 Å². The number of imidazole rings is 1. The number of hydrogen-bond acceptors (Lipinski definition) is 3. The van der Waals surface area contributed by atoms with Gasteiger partial charge in [0.05, 0.1) is 18.0 Å². The van der Waals surface area contributed by atoms with E-state index in [2.05, 4.69) is 50.1 Å². The third-order valence-electron chi connectivity index (χ3n) is 4.96. The SMILES string of the molecule is CN1CCC(c2cn(-c3cnc[nH]3)c3ccc(NC=O)cc23)CC1. The van der Waals surface area contributed by atoms with Crippen molar-refractivity contribution in [2.24, 2.45) is 0 Å². The lowest BCUT2D eigenvalue weighted by Gasteiger charge is -2.28. The number of fused-ring (bicyclic) bond motifs is 1. The summed E-state index contributed by atoms with van der Waals surface area (Å²) >= 11 is 0. The van der Waals surface area contributed by atoms with Crippen LogP contribution in [0.2, 0.25) is 0 Å². The first kappa shape index (κ1) is 15.0. The molecular formula is C18H21N5O. The summed E-state index contributed by atoms with van der Waals surface area (Å²) in [5, 5.41) is 3.96. The lowest BCUT2D eigenvalue weighted by atomic mass is 9.89. The summed E-state index contributed by atoms with van der Waals surface area (Å²) in [5.41, 5.74) is 3.31. The molecule has 0 saturated carbocycles. The van der Waals surface area contributed by atoms with Crippen LogP contribution in [0.25, 0.3) is 16.7 Å². The van der Waals surface area contributed by atoms with Gasteiger partial charge in [0.2, 0.25) is 6.41 Å². The van der Waals surface area contributed by atoms with E-state index in [1.54, 1.807) is 6.33 Å². The number of carbonyl (C=O) groups excluding carboxylic acids is 1. The predicted molar refractivity (Wildman–Crippen MR) is 94.6 cm³/mol. The predicted octanol–water partition coefficient (Wildman–Crippen LogP) is 2.73. The molecule has 6 heteroatoms. The molecule has 0 bridgehead atoms. The number of anilines is 1. The van der Waals surface area contributed by atoms with E-state index in [0.29, 0.717) is 5.92 Å². The van der Waals surface area contributed by atoms with Crippen LogP contribution in [0.4, 0.5) is 5.69 Å². The molecule has 1 fully saturated rings. The molecule has 4 rings (SSSR count). The summed E-state index contributed by atoms with van der Waals surface area (Å²) < 4.78 is 2.15. The standard InChI is InChI=1S/C18H21N5O/c1-22-6-4-13(5-7-22)16-10-23(18-9-19-11-20-18)17-3-2-14(21-12-24)8-15(16)17/h2-3,8-13H,4-7H2,1H3,(H,19,20)(H,21,24). The van der Waals surface area contributed by atoms with Gasteiger partial charge in [0.25, 0.3) is 0 Å². The first-order chi connectivity index (χ1) is 11.8. The van der Waals surface area contributed by atoms with Crippen molar-refractivity contribution in [2.45, 2.75) is 18.8 Å². The van der Waals surface area contributed by atoms with E-state index in [0.717, 1.165) is 49.4 Å². The monoisotopic (exact) mass is 323 g/mol. The molecule has 1 aliphatic rings. The van der Waals surface area contributed by atoms with Crippen molar-refractivity contribution in [3.63, 3.8) is 0 Å². The molecule has 6 nitrogen and oxygen atoms in total. The summed E-state index contributed by atoms with van der Waals surface area (Å²) in [6, 6.07) is 6.06. The summed E-state index contributed by atoms with van der Waals surface area (Å²) in [4.78, 5) is 20.5. The molecule has 0 atom stereocenters. The number of benzene rings is 1. The molecule has 1 aliphatic heterocycles. The number of nitrogens with one attached hydrogen (secondary N) is 2. The van der Waals surface area contributed by atoms with Gasteiger partial charge in [-0.2, -0.15) is 0 Å². The Hall–Kier alpha value is -2.60. The molecule has 1 aromatic carbocycles. The Balaban J connectivity index is 1.84. The highest BCUT2D eigenvalue weighted by Crippen LogP contribution is 2.36.